The molecule has 0 aliphatic carbocycles. The number of benzene rings is 2. The lowest BCUT2D eigenvalue weighted by molar-refractivity contribution is -0.140. The molecule has 2 aliphatic heterocycles. The van der Waals surface area contributed by atoms with Crippen molar-refractivity contribution in [2.45, 2.75) is 37.8 Å². The van der Waals surface area contributed by atoms with E-state index in [1.165, 1.54) is 16.5 Å². The second-order valence-corrected chi connectivity index (χ2v) is 7.54. The third-order valence-electron chi connectivity index (χ3n) is 6.11. The fourth-order valence-electron chi connectivity index (χ4n) is 4.96. The monoisotopic (exact) mass is 355 g/mol. The second kappa shape index (κ2) is 5.99. The zero-order valence-electron chi connectivity index (χ0n) is 15.2. The molecule has 0 bridgehead atoms. The molecule has 27 heavy (non-hydrogen) atoms. The van der Waals surface area contributed by atoms with Gasteiger partial charge in [0.05, 0.1) is 11.8 Å². The third kappa shape index (κ3) is 2.24. The summed E-state index contributed by atoms with van der Waals surface area (Å²) in [4.78, 5) is 14.5. The van der Waals surface area contributed by atoms with Crippen LogP contribution < -0.4 is 0 Å². The molecule has 1 fully saturated rings. The smallest absolute Gasteiger partial charge is 0.224 e. The van der Waals surface area contributed by atoms with Crippen molar-refractivity contribution in [3.05, 3.63) is 71.4 Å². The number of nitriles is 1. The lowest BCUT2D eigenvalue weighted by Gasteiger charge is -2.46. The summed E-state index contributed by atoms with van der Waals surface area (Å²) in [5.41, 5.74) is 3.80. The molecule has 1 atom stereocenters. The molecular formula is C23H21N3O. The van der Waals surface area contributed by atoms with E-state index in [1.54, 1.807) is 0 Å². The van der Waals surface area contributed by atoms with Gasteiger partial charge in [0.1, 0.15) is 0 Å². The highest BCUT2D eigenvalue weighted by Crippen LogP contribution is 2.46. The van der Waals surface area contributed by atoms with Gasteiger partial charge in [-0.2, -0.15) is 5.26 Å². The molecule has 2 aliphatic rings. The van der Waals surface area contributed by atoms with E-state index in [1.807, 2.05) is 23.1 Å². The van der Waals surface area contributed by atoms with Crippen LogP contribution >= 0.6 is 0 Å². The Balaban J connectivity index is 1.79. The molecule has 4 heteroatoms. The quantitative estimate of drug-likeness (QED) is 0.698. The Morgan fingerprint density at radius 2 is 1.81 bits per heavy atom. The van der Waals surface area contributed by atoms with Gasteiger partial charge in [-0.15, -0.1) is 0 Å². The van der Waals surface area contributed by atoms with E-state index < -0.39 is 5.54 Å². The summed E-state index contributed by atoms with van der Waals surface area (Å²) in [6, 6.07) is 21.3. The maximum atomic E-state index is 12.7. The van der Waals surface area contributed by atoms with Gasteiger partial charge in [-0.25, -0.2) is 0 Å². The Morgan fingerprint density at radius 3 is 2.63 bits per heavy atom. The molecule has 1 amide bonds. The number of carbonyl (C=O) groups excluding carboxylic acids is 1. The summed E-state index contributed by atoms with van der Waals surface area (Å²) in [6.07, 6.45) is 2.85. The van der Waals surface area contributed by atoms with E-state index in [-0.39, 0.29) is 5.91 Å². The lowest BCUT2D eigenvalue weighted by Crippen LogP contribution is -2.55. The summed E-state index contributed by atoms with van der Waals surface area (Å²) >= 11 is 0. The van der Waals surface area contributed by atoms with Gasteiger partial charge in [0.2, 0.25) is 5.91 Å². The minimum atomic E-state index is -0.837. The molecular weight excluding hydrogens is 334 g/mol. The number of aromatic nitrogens is 1. The van der Waals surface area contributed by atoms with Crippen LogP contribution in [-0.2, 0) is 23.3 Å². The Kier molecular flexibility index (Phi) is 3.58. The van der Waals surface area contributed by atoms with Crippen molar-refractivity contribution in [1.29, 1.82) is 5.26 Å². The van der Waals surface area contributed by atoms with Crippen molar-refractivity contribution in [2.24, 2.45) is 0 Å². The van der Waals surface area contributed by atoms with Crippen LogP contribution in [0.1, 0.15) is 36.1 Å². The average Bonchev–Trinajstić information content (AvgIpc) is 3.04. The van der Waals surface area contributed by atoms with Gasteiger partial charge in [0.15, 0.2) is 5.54 Å². The highest BCUT2D eigenvalue weighted by atomic mass is 16.2. The summed E-state index contributed by atoms with van der Waals surface area (Å²) < 4.78 is 2.29. The second-order valence-electron chi connectivity index (χ2n) is 7.54. The number of hydrogen-bond acceptors (Lipinski definition) is 2. The third-order valence-corrected chi connectivity index (χ3v) is 6.11. The molecule has 1 saturated heterocycles. The maximum Gasteiger partial charge on any atom is 0.224 e. The van der Waals surface area contributed by atoms with E-state index in [0.29, 0.717) is 25.9 Å². The van der Waals surface area contributed by atoms with Crippen LogP contribution in [0.4, 0.5) is 0 Å². The van der Waals surface area contributed by atoms with Crippen LogP contribution in [0.3, 0.4) is 0 Å². The van der Waals surface area contributed by atoms with Gasteiger partial charge >= 0.3 is 0 Å². The lowest BCUT2D eigenvalue weighted by atomic mass is 9.79. The zero-order valence-corrected chi connectivity index (χ0v) is 15.2. The molecule has 0 saturated carbocycles. The molecule has 1 unspecified atom stereocenters. The van der Waals surface area contributed by atoms with E-state index in [0.717, 1.165) is 24.1 Å². The van der Waals surface area contributed by atoms with Crippen molar-refractivity contribution >= 4 is 16.8 Å². The summed E-state index contributed by atoms with van der Waals surface area (Å²) in [5, 5.41) is 11.5. The largest absolute Gasteiger partial charge is 0.337 e. The predicted octanol–water partition coefficient (Wildman–Crippen LogP) is 3.98. The first-order chi connectivity index (χ1) is 13.2. The Bertz CT molecular complexity index is 1080. The van der Waals surface area contributed by atoms with Gasteiger partial charge in [-0.1, -0.05) is 48.5 Å². The van der Waals surface area contributed by atoms with Gasteiger partial charge < -0.3 is 9.47 Å². The number of amides is 1. The Morgan fingerprint density at radius 1 is 1.04 bits per heavy atom. The number of rotatable bonds is 2. The molecule has 2 aromatic carbocycles. The minimum absolute atomic E-state index is 0.116. The fourth-order valence-corrected chi connectivity index (χ4v) is 4.96. The molecule has 0 radical (unpaired) electrons. The zero-order chi connectivity index (χ0) is 18.4. The molecule has 3 aromatic rings. The summed E-state index contributed by atoms with van der Waals surface area (Å²) in [7, 11) is 0. The Labute approximate surface area is 158 Å². The first-order valence-corrected chi connectivity index (χ1v) is 9.61. The van der Waals surface area contributed by atoms with E-state index in [2.05, 4.69) is 47.0 Å². The maximum absolute atomic E-state index is 12.7. The first kappa shape index (κ1) is 16.1. The van der Waals surface area contributed by atoms with Crippen LogP contribution in [0.5, 0.6) is 0 Å². The fraction of sp³-hybridized carbons (Fsp3) is 0.304. The van der Waals surface area contributed by atoms with Gasteiger partial charge in [0.25, 0.3) is 0 Å². The van der Waals surface area contributed by atoms with Crippen molar-refractivity contribution in [2.75, 3.05) is 6.54 Å². The van der Waals surface area contributed by atoms with Crippen LogP contribution in [-0.4, -0.2) is 21.9 Å². The van der Waals surface area contributed by atoms with Crippen molar-refractivity contribution < 1.29 is 4.79 Å². The van der Waals surface area contributed by atoms with Gasteiger partial charge in [0, 0.05) is 30.4 Å². The number of piperidine rings is 1. The molecule has 0 N–H and O–H groups in total. The molecule has 1 aromatic heterocycles. The van der Waals surface area contributed by atoms with Crippen LogP contribution in [0.15, 0.2) is 54.6 Å². The minimum Gasteiger partial charge on any atom is -0.337 e. The SMILES string of the molecule is N#CC12CCCC(=O)N1CCc1c2n(Cc2ccccc2)c2ccccc12. The highest BCUT2D eigenvalue weighted by Gasteiger charge is 2.50. The topological polar surface area (TPSA) is 49.0 Å². The molecule has 5 rings (SSSR count). The van der Waals surface area contributed by atoms with E-state index in [4.69, 9.17) is 0 Å². The average molecular weight is 355 g/mol. The normalized spacial score (nSPS) is 21.6. The first-order valence-electron chi connectivity index (χ1n) is 9.61. The molecule has 4 nitrogen and oxygen atoms in total. The Hall–Kier alpha value is -3.06. The van der Waals surface area contributed by atoms with E-state index in [9.17, 15) is 10.1 Å². The van der Waals surface area contributed by atoms with Gasteiger partial charge in [-0.3, -0.25) is 4.79 Å². The van der Waals surface area contributed by atoms with Crippen molar-refractivity contribution in [3.8, 4) is 6.07 Å². The number of para-hydroxylation sites is 1. The van der Waals surface area contributed by atoms with Crippen LogP contribution in [0, 0.1) is 11.3 Å². The predicted molar refractivity (Wildman–Crippen MR) is 104 cm³/mol. The van der Waals surface area contributed by atoms with Crippen molar-refractivity contribution in [3.63, 3.8) is 0 Å². The molecule has 134 valence electrons. The number of fused-ring (bicyclic) bond motifs is 5. The highest BCUT2D eigenvalue weighted by molar-refractivity contribution is 5.88. The van der Waals surface area contributed by atoms with Gasteiger partial charge in [-0.05, 0) is 36.5 Å². The summed E-state index contributed by atoms with van der Waals surface area (Å²) in [5.74, 6) is 0.116. The standard InChI is InChI=1S/C23H21N3O/c24-16-23-13-6-11-21(27)26(23)14-12-19-18-9-4-5-10-20(18)25(22(19)23)15-17-7-2-1-3-8-17/h1-5,7-10H,6,11-15H2. The molecule has 3 heterocycles. The summed E-state index contributed by atoms with van der Waals surface area (Å²) in [6.45, 7) is 1.35. The van der Waals surface area contributed by atoms with Crippen molar-refractivity contribution in [1.82, 2.24) is 9.47 Å². The van der Waals surface area contributed by atoms with Crippen LogP contribution in [0.25, 0.3) is 10.9 Å². The van der Waals surface area contributed by atoms with Crippen LogP contribution in [0.2, 0.25) is 0 Å². The molecule has 0 spiro atoms. The number of carbonyl (C=O) groups is 1. The van der Waals surface area contributed by atoms with E-state index >= 15 is 0 Å². The number of hydrogen-bond donors (Lipinski definition) is 0. The number of nitrogens with zero attached hydrogens (tertiary/aromatic N) is 3.